The fraction of sp³-hybridized carbons (Fsp3) is 0.333. The normalized spacial score (nSPS) is 13.6. The van der Waals surface area contributed by atoms with E-state index >= 15 is 0 Å². The minimum atomic E-state index is -1.10. The van der Waals surface area contributed by atoms with Crippen LogP contribution in [0, 0.1) is 0 Å². The molecule has 0 saturated carbocycles. The maximum absolute atomic E-state index is 11.6. The van der Waals surface area contributed by atoms with E-state index in [1.807, 2.05) is 0 Å². The Morgan fingerprint density at radius 1 is 1.78 bits per heavy atom. The quantitative estimate of drug-likeness (QED) is 0.654. The third-order valence-electron chi connectivity index (χ3n) is 1.02. The molecule has 0 amide bonds. The van der Waals surface area contributed by atoms with Crippen molar-refractivity contribution in [1.29, 1.82) is 0 Å². The van der Waals surface area contributed by atoms with E-state index in [-0.39, 0.29) is 5.76 Å². The van der Waals surface area contributed by atoms with Crippen LogP contribution < -0.4 is 0 Å². The van der Waals surface area contributed by atoms with E-state index in [1.165, 1.54) is 12.3 Å². The molecule has 1 heterocycles. The van der Waals surface area contributed by atoms with Crippen molar-refractivity contribution in [2.24, 2.45) is 0 Å². The fourth-order valence-electron chi connectivity index (χ4n) is 0.557. The van der Waals surface area contributed by atoms with Gasteiger partial charge in [-0.25, -0.2) is 4.39 Å². The number of aliphatic hydroxyl groups excluding tert-OH is 1. The Bertz CT molecular complexity index is 160. The first kappa shape index (κ1) is 6.29. The zero-order chi connectivity index (χ0) is 6.69. The van der Waals surface area contributed by atoms with Gasteiger partial charge in [0.15, 0.2) is 0 Å². The number of halogens is 1. The largest absolute Gasteiger partial charge is 0.466 e. The molecule has 0 saturated heterocycles. The summed E-state index contributed by atoms with van der Waals surface area (Å²) in [4.78, 5) is 0. The fourth-order valence-corrected chi connectivity index (χ4v) is 0.557. The molecule has 0 radical (unpaired) electrons. The summed E-state index contributed by atoms with van der Waals surface area (Å²) in [6, 6.07) is 3.14. The van der Waals surface area contributed by atoms with Gasteiger partial charge in [-0.1, -0.05) is 0 Å². The molecule has 0 aliphatic rings. The second-order valence-electron chi connectivity index (χ2n) is 1.69. The van der Waals surface area contributed by atoms with E-state index in [9.17, 15) is 4.39 Å². The molecule has 0 aromatic carbocycles. The van der Waals surface area contributed by atoms with Crippen LogP contribution in [0.15, 0.2) is 22.8 Å². The molecule has 0 aliphatic carbocycles. The van der Waals surface area contributed by atoms with Gasteiger partial charge < -0.3 is 9.52 Å². The molecule has 9 heavy (non-hydrogen) atoms. The van der Waals surface area contributed by atoms with Crippen LogP contribution in [0.1, 0.15) is 11.9 Å². The summed E-state index contributed by atoms with van der Waals surface area (Å²) in [6.45, 7) is -0.798. The maximum Gasteiger partial charge on any atom is 0.140 e. The third-order valence-corrected chi connectivity index (χ3v) is 1.02. The highest BCUT2D eigenvalue weighted by molar-refractivity contribution is 5.01. The number of rotatable bonds is 2. The number of hydrogen-bond acceptors (Lipinski definition) is 2. The van der Waals surface area contributed by atoms with E-state index in [1.54, 1.807) is 6.07 Å². The van der Waals surface area contributed by atoms with Crippen LogP contribution in [-0.2, 0) is 0 Å². The predicted octanol–water partition coefficient (Wildman–Crippen LogP) is 1.28. The first-order valence-corrected chi connectivity index (χ1v) is 2.62. The van der Waals surface area contributed by atoms with E-state index in [4.69, 9.17) is 9.52 Å². The number of aliphatic hydroxyl groups is 1. The maximum atomic E-state index is 11.6. The van der Waals surface area contributed by atoms with Gasteiger partial charge in [0, 0.05) is 0 Å². The van der Waals surface area contributed by atoms with Crippen LogP contribution in [0.25, 0.3) is 0 Å². The van der Waals surface area contributed by atoms with Crippen molar-refractivity contribution in [3.63, 3.8) is 0 Å². The third kappa shape index (κ3) is 1.29. The van der Waals surface area contributed by atoms with E-state index in [0.29, 0.717) is 0 Å². The molecule has 1 N–H and O–H groups in total. The summed E-state index contributed by atoms with van der Waals surface area (Å²) in [5.41, 5.74) is 0. The Morgan fingerprint density at radius 2 is 2.56 bits per heavy atom. The molecule has 0 bridgehead atoms. The molecule has 0 spiro atoms. The van der Waals surface area contributed by atoms with E-state index in [2.05, 4.69) is 0 Å². The first-order valence-electron chi connectivity index (χ1n) is 2.62. The first-order chi connectivity index (χ1) is 4.34. The highest BCUT2D eigenvalue weighted by Crippen LogP contribution is 2.12. The van der Waals surface area contributed by atoms with Gasteiger partial charge in [0.1, 0.15) is 18.5 Å². The molecule has 0 fully saturated rings. The molecule has 1 aromatic rings. The van der Waals surface area contributed by atoms with Gasteiger partial charge in [-0.2, -0.15) is 0 Å². The SMILES string of the molecule is OC(CF)c1ccco1. The molecule has 50 valence electrons. The lowest BCUT2D eigenvalue weighted by molar-refractivity contribution is 0.118. The Kier molecular flexibility index (Phi) is 1.85. The Hall–Kier alpha value is -0.830. The van der Waals surface area contributed by atoms with Gasteiger partial charge in [-0.05, 0) is 12.1 Å². The molecule has 1 atom stereocenters. The average molecular weight is 130 g/mol. The summed E-state index contributed by atoms with van der Waals surface area (Å²) in [7, 11) is 0. The highest BCUT2D eigenvalue weighted by Gasteiger charge is 2.07. The van der Waals surface area contributed by atoms with Crippen molar-refractivity contribution >= 4 is 0 Å². The molecular formula is C6H7FO2. The summed E-state index contributed by atoms with van der Waals surface area (Å²) < 4.78 is 16.3. The molecule has 2 nitrogen and oxygen atoms in total. The zero-order valence-corrected chi connectivity index (χ0v) is 4.75. The van der Waals surface area contributed by atoms with E-state index < -0.39 is 12.8 Å². The van der Waals surface area contributed by atoms with Crippen molar-refractivity contribution in [1.82, 2.24) is 0 Å². The van der Waals surface area contributed by atoms with Gasteiger partial charge in [-0.15, -0.1) is 0 Å². The number of furan rings is 1. The topological polar surface area (TPSA) is 33.4 Å². The van der Waals surface area contributed by atoms with E-state index in [0.717, 1.165) is 0 Å². The molecule has 1 unspecified atom stereocenters. The smallest absolute Gasteiger partial charge is 0.140 e. The monoisotopic (exact) mass is 130 g/mol. The van der Waals surface area contributed by atoms with Crippen molar-refractivity contribution in [2.75, 3.05) is 6.67 Å². The number of hydrogen-bond donors (Lipinski definition) is 1. The Labute approximate surface area is 51.9 Å². The summed E-state index contributed by atoms with van der Waals surface area (Å²) in [5.74, 6) is 0.275. The average Bonchev–Trinajstić information content (AvgIpc) is 2.37. The molecular weight excluding hydrogens is 123 g/mol. The van der Waals surface area contributed by atoms with Crippen molar-refractivity contribution < 1.29 is 13.9 Å². The van der Waals surface area contributed by atoms with Crippen LogP contribution in [0.3, 0.4) is 0 Å². The standard InChI is InChI=1S/C6H7FO2/c7-4-5(8)6-2-1-3-9-6/h1-3,5,8H,4H2. The summed E-state index contributed by atoms with van der Waals surface area (Å²) in [6.07, 6.45) is 0.300. The molecule has 3 heteroatoms. The van der Waals surface area contributed by atoms with Crippen LogP contribution in [-0.4, -0.2) is 11.8 Å². The summed E-state index contributed by atoms with van der Waals surface area (Å²) in [5, 5.41) is 8.75. The second-order valence-corrected chi connectivity index (χ2v) is 1.69. The number of alkyl halides is 1. The lowest BCUT2D eigenvalue weighted by Crippen LogP contribution is -1.95. The zero-order valence-electron chi connectivity index (χ0n) is 4.75. The molecule has 0 aliphatic heterocycles. The minimum Gasteiger partial charge on any atom is -0.466 e. The van der Waals surface area contributed by atoms with Crippen molar-refractivity contribution in [3.05, 3.63) is 24.2 Å². The minimum absolute atomic E-state index is 0.275. The Morgan fingerprint density at radius 3 is 3.00 bits per heavy atom. The van der Waals surface area contributed by atoms with Crippen LogP contribution in [0.2, 0.25) is 0 Å². The lowest BCUT2D eigenvalue weighted by atomic mass is 10.3. The lowest BCUT2D eigenvalue weighted by Gasteiger charge is -1.98. The van der Waals surface area contributed by atoms with Crippen LogP contribution >= 0.6 is 0 Å². The summed E-state index contributed by atoms with van der Waals surface area (Å²) >= 11 is 0. The van der Waals surface area contributed by atoms with Crippen LogP contribution in [0.4, 0.5) is 4.39 Å². The second kappa shape index (κ2) is 2.64. The van der Waals surface area contributed by atoms with Gasteiger partial charge in [0.2, 0.25) is 0 Å². The van der Waals surface area contributed by atoms with Gasteiger partial charge in [0.05, 0.1) is 6.26 Å². The Balaban J connectivity index is 2.65. The van der Waals surface area contributed by atoms with Gasteiger partial charge in [-0.3, -0.25) is 0 Å². The van der Waals surface area contributed by atoms with Crippen molar-refractivity contribution in [2.45, 2.75) is 6.10 Å². The van der Waals surface area contributed by atoms with Crippen molar-refractivity contribution in [3.8, 4) is 0 Å². The predicted molar refractivity (Wildman–Crippen MR) is 29.6 cm³/mol. The molecule has 1 rings (SSSR count). The highest BCUT2D eigenvalue weighted by atomic mass is 19.1. The molecule has 1 aromatic heterocycles. The van der Waals surface area contributed by atoms with Gasteiger partial charge >= 0.3 is 0 Å². The van der Waals surface area contributed by atoms with Gasteiger partial charge in [0.25, 0.3) is 0 Å². The van der Waals surface area contributed by atoms with Crippen LogP contribution in [0.5, 0.6) is 0 Å².